The van der Waals surface area contributed by atoms with Crippen LogP contribution in [0.3, 0.4) is 0 Å². The number of nitro groups is 1. The van der Waals surface area contributed by atoms with Gasteiger partial charge in [0.25, 0.3) is 11.6 Å². The van der Waals surface area contributed by atoms with Crippen LogP contribution in [0.4, 0.5) is 10.8 Å². The fourth-order valence-corrected chi connectivity index (χ4v) is 3.86. The number of nitrogens with zero attached hydrogens (tertiary/aromatic N) is 2. The number of hydrogen-bond donors (Lipinski definition) is 1. The lowest BCUT2D eigenvalue weighted by molar-refractivity contribution is -0.384. The van der Waals surface area contributed by atoms with Crippen molar-refractivity contribution < 1.29 is 9.72 Å². The fraction of sp³-hybridized carbons (Fsp3) is 0.0667. The van der Waals surface area contributed by atoms with Gasteiger partial charge in [0.2, 0.25) is 0 Å². The summed E-state index contributed by atoms with van der Waals surface area (Å²) >= 11 is 8.62. The maximum atomic E-state index is 12.3. The van der Waals surface area contributed by atoms with Crippen LogP contribution in [0.25, 0.3) is 10.6 Å². The van der Waals surface area contributed by atoms with Crippen LogP contribution in [0.5, 0.6) is 0 Å². The Bertz CT molecular complexity index is 936. The van der Waals surface area contributed by atoms with E-state index in [1.165, 1.54) is 40.9 Å². The van der Waals surface area contributed by atoms with Gasteiger partial charge in [-0.1, -0.05) is 11.6 Å². The Morgan fingerprint density at radius 3 is 2.75 bits per heavy atom. The molecule has 1 aromatic carbocycles. The molecule has 6 nitrogen and oxygen atoms in total. The second kappa shape index (κ2) is 6.68. The van der Waals surface area contributed by atoms with E-state index in [2.05, 4.69) is 10.3 Å². The van der Waals surface area contributed by atoms with Gasteiger partial charge in [0, 0.05) is 23.1 Å². The summed E-state index contributed by atoms with van der Waals surface area (Å²) in [6.45, 7) is 1.66. The normalized spacial score (nSPS) is 10.6. The number of nitro benzene ring substituents is 1. The maximum Gasteiger partial charge on any atom is 0.269 e. The minimum atomic E-state index is -0.492. The largest absolute Gasteiger partial charge is 0.298 e. The van der Waals surface area contributed by atoms with Gasteiger partial charge in [0.15, 0.2) is 5.13 Å². The molecule has 0 aliphatic carbocycles. The summed E-state index contributed by atoms with van der Waals surface area (Å²) in [7, 11) is 0. The number of aryl methyl sites for hydroxylation is 1. The third-order valence-corrected chi connectivity index (χ3v) is 5.23. The molecule has 2 heterocycles. The van der Waals surface area contributed by atoms with E-state index in [4.69, 9.17) is 11.6 Å². The molecule has 3 rings (SSSR count). The number of thiophene rings is 1. The van der Waals surface area contributed by atoms with Gasteiger partial charge in [-0.3, -0.25) is 20.2 Å². The summed E-state index contributed by atoms with van der Waals surface area (Å²) in [5.74, 6) is -0.354. The van der Waals surface area contributed by atoms with Gasteiger partial charge in [-0.2, -0.15) is 0 Å². The molecule has 2 aromatic heterocycles. The highest BCUT2D eigenvalue weighted by Crippen LogP contribution is 2.33. The molecule has 122 valence electrons. The van der Waals surface area contributed by atoms with E-state index < -0.39 is 4.92 Å². The fourth-order valence-electron chi connectivity index (χ4n) is 2.08. The van der Waals surface area contributed by atoms with E-state index in [1.807, 2.05) is 11.4 Å². The van der Waals surface area contributed by atoms with Gasteiger partial charge >= 0.3 is 0 Å². The van der Waals surface area contributed by atoms with Crippen molar-refractivity contribution in [3.8, 4) is 10.6 Å². The average molecular weight is 380 g/mol. The lowest BCUT2D eigenvalue weighted by atomic mass is 10.1. The number of amides is 1. The van der Waals surface area contributed by atoms with Gasteiger partial charge in [-0.05, 0) is 30.7 Å². The predicted octanol–water partition coefficient (Wildman–Crippen LogP) is 4.99. The van der Waals surface area contributed by atoms with Crippen LogP contribution in [-0.2, 0) is 0 Å². The standard InChI is InChI=1S/C15H10ClN3O3S2/c1-8-6-9(19(21)22)2-3-10(8)14(20)18-15-17-11(7-23-15)12-4-5-13(16)24-12/h2-7H,1H3,(H,17,18,20). The van der Waals surface area contributed by atoms with Crippen molar-refractivity contribution in [1.82, 2.24) is 4.98 Å². The third-order valence-electron chi connectivity index (χ3n) is 3.22. The molecule has 0 spiro atoms. The summed E-state index contributed by atoms with van der Waals surface area (Å²) in [5.41, 5.74) is 1.60. The van der Waals surface area contributed by atoms with Crippen LogP contribution in [0, 0.1) is 17.0 Å². The maximum absolute atomic E-state index is 12.3. The molecule has 1 N–H and O–H groups in total. The van der Waals surface area contributed by atoms with Crippen LogP contribution in [0.15, 0.2) is 35.7 Å². The summed E-state index contributed by atoms with van der Waals surface area (Å²) in [5, 5.41) is 15.8. The average Bonchev–Trinajstić information content (AvgIpc) is 3.15. The van der Waals surface area contributed by atoms with Crippen molar-refractivity contribution in [1.29, 1.82) is 0 Å². The summed E-state index contributed by atoms with van der Waals surface area (Å²) in [4.78, 5) is 27.9. The van der Waals surface area contributed by atoms with Crippen LogP contribution < -0.4 is 5.32 Å². The minimum Gasteiger partial charge on any atom is -0.298 e. The molecule has 0 fully saturated rings. The van der Waals surface area contributed by atoms with Gasteiger partial charge in [-0.15, -0.1) is 22.7 Å². The summed E-state index contributed by atoms with van der Waals surface area (Å²) < 4.78 is 0.671. The molecule has 24 heavy (non-hydrogen) atoms. The van der Waals surface area contributed by atoms with Gasteiger partial charge < -0.3 is 0 Å². The van der Waals surface area contributed by atoms with E-state index >= 15 is 0 Å². The molecule has 9 heteroatoms. The number of aromatic nitrogens is 1. The third kappa shape index (κ3) is 3.45. The van der Waals surface area contributed by atoms with Crippen molar-refractivity contribution in [3.63, 3.8) is 0 Å². The van der Waals surface area contributed by atoms with Crippen molar-refractivity contribution in [2.24, 2.45) is 0 Å². The second-order valence-corrected chi connectivity index (χ2v) is 7.43. The van der Waals surface area contributed by atoms with Crippen LogP contribution in [0.2, 0.25) is 4.34 Å². The summed E-state index contributed by atoms with van der Waals surface area (Å²) in [6.07, 6.45) is 0. The first kappa shape index (κ1) is 16.6. The van der Waals surface area contributed by atoms with Crippen molar-refractivity contribution >= 4 is 51.0 Å². The molecule has 3 aromatic rings. The first-order valence-electron chi connectivity index (χ1n) is 6.71. The molecule has 0 unspecified atom stereocenters. The Morgan fingerprint density at radius 2 is 2.12 bits per heavy atom. The number of carbonyl (C=O) groups is 1. The number of halogens is 1. The van der Waals surface area contributed by atoms with Crippen LogP contribution in [-0.4, -0.2) is 15.8 Å². The number of benzene rings is 1. The molecule has 0 radical (unpaired) electrons. The smallest absolute Gasteiger partial charge is 0.269 e. The Kier molecular flexibility index (Phi) is 4.61. The van der Waals surface area contributed by atoms with Crippen molar-refractivity contribution in [3.05, 3.63) is 61.3 Å². The highest BCUT2D eigenvalue weighted by molar-refractivity contribution is 7.20. The SMILES string of the molecule is Cc1cc([N+](=O)[O-])ccc1C(=O)Nc1nc(-c2ccc(Cl)s2)cs1. The number of non-ortho nitro benzene ring substituents is 1. The number of thiazole rings is 1. The Balaban J connectivity index is 1.78. The Labute approximate surface area is 149 Å². The molecule has 0 atom stereocenters. The number of hydrogen-bond acceptors (Lipinski definition) is 6. The van der Waals surface area contributed by atoms with Crippen LogP contribution >= 0.6 is 34.3 Å². The number of rotatable bonds is 4. The molecular weight excluding hydrogens is 370 g/mol. The Hall–Kier alpha value is -2.29. The highest BCUT2D eigenvalue weighted by atomic mass is 35.5. The van der Waals surface area contributed by atoms with Gasteiger partial charge in [0.1, 0.15) is 0 Å². The molecule has 0 saturated carbocycles. The summed E-state index contributed by atoms with van der Waals surface area (Å²) in [6, 6.07) is 7.78. The monoisotopic (exact) mass is 379 g/mol. The second-order valence-electron chi connectivity index (χ2n) is 4.85. The van der Waals surface area contributed by atoms with E-state index in [0.29, 0.717) is 20.6 Å². The van der Waals surface area contributed by atoms with Gasteiger partial charge in [-0.25, -0.2) is 4.98 Å². The van der Waals surface area contributed by atoms with Gasteiger partial charge in [0.05, 0.1) is 19.8 Å². The van der Waals surface area contributed by atoms with Crippen molar-refractivity contribution in [2.75, 3.05) is 5.32 Å². The number of carbonyl (C=O) groups excluding carboxylic acids is 1. The lowest BCUT2D eigenvalue weighted by Crippen LogP contribution is -2.13. The molecular formula is C15H10ClN3O3S2. The number of nitrogens with one attached hydrogen (secondary N) is 1. The van der Waals surface area contributed by atoms with E-state index in [-0.39, 0.29) is 11.6 Å². The van der Waals surface area contributed by atoms with Crippen LogP contribution in [0.1, 0.15) is 15.9 Å². The van der Waals surface area contributed by atoms with E-state index in [9.17, 15) is 14.9 Å². The number of anilines is 1. The highest BCUT2D eigenvalue weighted by Gasteiger charge is 2.15. The molecule has 0 bridgehead atoms. The minimum absolute atomic E-state index is 0.0461. The first-order chi connectivity index (χ1) is 11.4. The van der Waals surface area contributed by atoms with E-state index in [0.717, 1.165) is 10.6 Å². The zero-order valence-corrected chi connectivity index (χ0v) is 14.7. The predicted molar refractivity (Wildman–Crippen MR) is 96.2 cm³/mol. The molecule has 1 amide bonds. The molecule has 0 aliphatic heterocycles. The first-order valence-corrected chi connectivity index (χ1v) is 8.79. The molecule has 0 aliphatic rings. The van der Waals surface area contributed by atoms with Crippen molar-refractivity contribution in [2.45, 2.75) is 6.92 Å². The zero-order chi connectivity index (χ0) is 17.3. The van der Waals surface area contributed by atoms with E-state index in [1.54, 1.807) is 13.0 Å². The molecule has 0 saturated heterocycles. The Morgan fingerprint density at radius 1 is 1.33 bits per heavy atom. The lowest BCUT2D eigenvalue weighted by Gasteiger charge is -2.05. The topological polar surface area (TPSA) is 85.1 Å². The zero-order valence-electron chi connectivity index (χ0n) is 12.3. The quantitative estimate of drug-likeness (QED) is 0.511.